The van der Waals surface area contributed by atoms with Crippen LogP contribution in [0.2, 0.25) is 0 Å². The molecule has 0 aromatic heterocycles. The highest BCUT2D eigenvalue weighted by Crippen LogP contribution is 1.99. The molecule has 0 radical (unpaired) electrons. The molecule has 0 saturated heterocycles. The van der Waals surface area contributed by atoms with Crippen LogP contribution in [0.3, 0.4) is 0 Å². The monoisotopic (exact) mass is 354 g/mol. The van der Waals surface area contributed by atoms with E-state index in [1.54, 1.807) is 0 Å². The number of carbonyl (C=O) groups is 1. The third kappa shape index (κ3) is 125. The summed E-state index contributed by atoms with van der Waals surface area (Å²) in [4.78, 5) is 9.77. The highest BCUT2D eigenvalue weighted by Gasteiger charge is 1.83. The van der Waals surface area contributed by atoms with Crippen LogP contribution in [0.4, 0.5) is 0 Å². The van der Waals surface area contributed by atoms with Gasteiger partial charge in [0.15, 0.2) is 0 Å². The van der Waals surface area contributed by atoms with Crippen molar-refractivity contribution in [3.8, 4) is 0 Å². The second kappa shape index (κ2) is 32.1. The van der Waals surface area contributed by atoms with Crippen molar-refractivity contribution in [3.63, 3.8) is 0 Å². The van der Waals surface area contributed by atoms with Crippen LogP contribution >= 0.6 is 24.4 Å². The average Bonchev–Trinajstić information content (AvgIpc) is 2.41. The number of carbonyl (C=O) groups excluding carboxylic acids is 1. The molecule has 0 atom stereocenters. The third-order valence-corrected chi connectivity index (χ3v) is 2.13. The molecule has 5 nitrogen and oxygen atoms in total. The third-order valence-electron chi connectivity index (χ3n) is 2.13. The zero-order valence-electron chi connectivity index (χ0n) is 14.2. The van der Waals surface area contributed by atoms with Crippen LogP contribution in [-0.4, -0.2) is 26.8 Å². The Balaban J connectivity index is -0.000000103. The Morgan fingerprint density at radius 1 is 0.818 bits per heavy atom. The molecule has 0 aliphatic heterocycles. The Bertz CT molecular complexity index is 217. The van der Waals surface area contributed by atoms with E-state index in [0.29, 0.717) is 0 Å². The summed E-state index contributed by atoms with van der Waals surface area (Å²) in [5, 5.41) is 14.1. The number of thiocarbonyl (C=S) groups is 2. The first-order valence-corrected chi connectivity index (χ1v) is 8.51. The molecular formula is C15H34N2O3S2. The van der Waals surface area contributed by atoms with Crippen molar-refractivity contribution in [2.75, 3.05) is 0 Å². The fourth-order valence-electron chi connectivity index (χ4n) is 1.15. The number of aliphatic hydroxyl groups is 2. The van der Waals surface area contributed by atoms with Gasteiger partial charge >= 0.3 is 0 Å². The Labute approximate surface area is 146 Å². The molecule has 0 spiro atoms. The van der Waals surface area contributed by atoms with E-state index in [9.17, 15) is 4.79 Å². The van der Waals surface area contributed by atoms with E-state index in [2.05, 4.69) is 56.7 Å². The zero-order valence-corrected chi connectivity index (χ0v) is 15.8. The van der Waals surface area contributed by atoms with Gasteiger partial charge in [-0.05, 0) is 30.9 Å². The molecule has 0 aromatic rings. The summed E-state index contributed by atoms with van der Waals surface area (Å²) in [7, 11) is 0. The molecule has 22 heavy (non-hydrogen) atoms. The van der Waals surface area contributed by atoms with Gasteiger partial charge in [0.1, 0.15) is 6.29 Å². The number of aliphatic hydroxyl groups excluding tert-OH is 2. The first kappa shape index (κ1) is 29.1. The van der Waals surface area contributed by atoms with Crippen molar-refractivity contribution in [3.05, 3.63) is 0 Å². The van der Waals surface area contributed by atoms with Gasteiger partial charge in [-0.1, -0.05) is 65.7 Å². The van der Waals surface area contributed by atoms with E-state index in [-0.39, 0.29) is 0 Å². The standard InChI is InChI=1S/C7H14O.C6H14.2CH3NOS/c1-2-3-4-5-6-7-8;1-3-5-6-4-2;2*2-1(3)4/h7H,2-6H2,1H3;3-6H2,1-2H3;2*(H3,2,3,4). The summed E-state index contributed by atoms with van der Waals surface area (Å²) >= 11 is 7.74. The van der Waals surface area contributed by atoms with Gasteiger partial charge < -0.3 is 26.5 Å². The summed E-state index contributed by atoms with van der Waals surface area (Å²) in [6, 6.07) is 0. The normalized spacial score (nSPS) is 7.95. The summed E-state index contributed by atoms with van der Waals surface area (Å²) < 4.78 is 0. The Morgan fingerprint density at radius 2 is 1.09 bits per heavy atom. The predicted molar refractivity (Wildman–Crippen MR) is 103 cm³/mol. The lowest BCUT2D eigenvalue weighted by molar-refractivity contribution is -0.107. The molecule has 0 rings (SSSR count). The SMILES string of the molecule is CCCCCC.CCCCCCC=O.NC(O)=S.NC(O)=S. The molecule has 7 heteroatoms. The highest BCUT2D eigenvalue weighted by molar-refractivity contribution is 7.80. The average molecular weight is 355 g/mol. The Morgan fingerprint density at radius 3 is 1.32 bits per heavy atom. The van der Waals surface area contributed by atoms with Crippen LogP contribution in [0.25, 0.3) is 0 Å². The van der Waals surface area contributed by atoms with Crippen molar-refractivity contribution in [2.24, 2.45) is 11.5 Å². The molecular weight excluding hydrogens is 320 g/mol. The minimum absolute atomic E-state index is 0.500. The molecule has 0 saturated carbocycles. The maximum Gasteiger partial charge on any atom is 0.251 e. The summed E-state index contributed by atoms with van der Waals surface area (Å²) in [5.41, 5.74) is 8.80. The van der Waals surface area contributed by atoms with Crippen LogP contribution in [0.15, 0.2) is 0 Å². The first-order valence-electron chi connectivity index (χ1n) is 7.70. The van der Waals surface area contributed by atoms with E-state index in [0.717, 1.165) is 19.1 Å². The van der Waals surface area contributed by atoms with Gasteiger partial charge in [-0.2, -0.15) is 0 Å². The van der Waals surface area contributed by atoms with E-state index < -0.39 is 10.3 Å². The largest absolute Gasteiger partial charge is 0.487 e. The second-order valence-corrected chi connectivity index (χ2v) is 5.24. The van der Waals surface area contributed by atoms with Gasteiger partial charge in [-0.3, -0.25) is 0 Å². The van der Waals surface area contributed by atoms with Crippen LogP contribution in [0.5, 0.6) is 0 Å². The van der Waals surface area contributed by atoms with Crippen LogP contribution in [0.1, 0.15) is 78.6 Å². The number of unbranched alkanes of at least 4 members (excludes halogenated alkanes) is 7. The van der Waals surface area contributed by atoms with Gasteiger partial charge in [0.05, 0.1) is 0 Å². The fourth-order valence-corrected chi connectivity index (χ4v) is 1.15. The molecule has 0 amide bonds. The lowest BCUT2D eigenvalue weighted by Crippen LogP contribution is -2.03. The van der Waals surface area contributed by atoms with E-state index >= 15 is 0 Å². The van der Waals surface area contributed by atoms with Gasteiger partial charge in [0.25, 0.3) is 10.3 Å². The number of nitrogens with two attached hydrogens (primary N) is 2. The summed E-state index contributed by atoms with van der Waals surface area (Å²) in [6.45, 7) is 6.63. The highest BCUT2D eigenvalue weighted by atomic mass is 32.1. The lowest BCUT2D eigenvalue weighted by atomic mass is 10.2. The molecule has 0 bridgehead atoms. The maximum atomic E-state index is 9.77. The quantitative estimate of drug-likeness (QED) is 0.292. The maximum absolute atomic E-state index is 9.77. The molecule has 0 aliphatic carbocycles. The topological polar surface area (TPSA) is 110 Å². The predicted octanol–water partition coefficient (Wildman–Crippen LogP) is 4.32. The van der Waals surface area contributed by atoms with Crippen molar-refractivity contribution in [2.45, 2.75) is 78.6 Å². The molecule has 6 N–H and O–H groups in total. The van der Waals surface area contributed by atoms with Crippen molar-refractivity contribution in [1.29, 1.82) is 0 Å². The molecule has 0 aliphatic rings. The van der Waals surface area contributed by atoms with Gasteiger partial charge in [0, 0.05) is 6.42 Å². The molecule has 0 aromatic carbocycles. The number of hydrogen-bond acceptors (Lipinski definition) is 3. The molecule has 134 valence electrons. The fraction of sp³-hybridized carbons (Fsp3) is 0.800. The van der Waals surface area contributed by atoms with E-state index in [1.807, 2.05) is 0 Å². The van der Waals surface area contributed by atoms with Gasteiger partial charge in [0.2, 0.25) is 0 Å². The van der Waals surface area contributed by atoms with Crippen molar-refractivity contribution in [1.82, 2.24) is 0 Å². The molecule has 0 heterocycles. The molecule has 0 unspecified atom stereocenters. The van der Waals surface area contributed by atoms with Crippen molar-refractivity contribution < 1.29 is 15.0 Å². The number of hydrogen-bond donors (Lipinski definition) is 4. The minimum Gasteiger partial charge on any atom is -0.487 e. The van der Waals surface area contributed by atoms with E-state index in [4.69, 9.17) is 10.2 Å². The number of aldehydes is 1. The smallest absolute Gasteiger partial charge is 0.251 e. The zero-order chi connectivity index (χ0) is 18.2. The lowest BCUT2D eigenvalue weighted by Gasteiger charge is -1.90. The summed E-state index contributed by atoms with van der Waals surface area (Å²) in [6.07, 6.45) is 12.1. The Hall–Kier alpha value is -0.950. The van der Waals surface area contributed by atoms with Crippen LogP contribution in [-0.2, 0) is 4.79 Å². The minimum atomic E-state index is -0.500. The Kier molecular flexibility index (Phi) is 42.5. The second-order valence-electron chi connectivity index (χ2n) is 4.40. The summed E-state index contributed by atoms with van der Waals surface area (Å²) in [5.74, 6) is 0. The van der Waals surface area contributed by atoms with Gasteiger partial charge in [-0.15, -0.1) is 0 Å². The van der Waals surface area contributed by atoms with Crippen molar-refractivity contribution >= 4 is 41.1 Å². The van der Waals surface area contributed by atoms with Gasteiger partial charge in [-0.25, -0.2) is 0 Å². The molecule has 0 fully saturated rings. The van der Waals surface area contributed by atoms with Crippen LogP contribution in [0, 0.1) is 0 Å². The van der Waals surface area contributed by atoms with Crippen LogP contribution < -0.4 is 11.5 Å². The van der Waals surface area contributed by atoms with E-state index in [1.165, 1.54) is 44.9 Å². The first-order chi connectivity index (χ1) is 10.3. The number of rotatable bonds is 8.